The summed E-state index contributed by atoms with van der Waals surface area (Å²) in [5.74, 6) is 0.514. The van der Waals surface area contributed by atoms with Crippen molar-refractivity contribution in [1.29, 1.82) is 0 Å². The summed E-state index contributed by atoms with van der Waals surface area (Å²) in [7, 11) is 0. The van der Waals surface area contributed by atoms with Crippen molar-refractivity contribution >= 4 is 52.0 Å². The average molecular weight is 571 g/mol. The zero-order chi connectivity index (χ0) is 19.6. The van der Waals surface area contributed by atoms with E-state index in [1.807, 2.05) is 13.8 Å². The molecule has 0 aliphatic carbocycles. The molecule has 6 nitrogen and oxygen atoms in total. The van der Waals surface area contributed by atoms with Crippen molar-refractivity contribution in [3.8, 4) is 0 Å². The van der Waals surface area contributed by atoms with E-state index in [2.05, 4.69) is 31.6 Å². The lowest BCUT2D eigenvalue weighted by Gasteiger charge is -2.32. The highest BCUT2D eigenvalue weighted by Crippen LogP contribution is 2.16. The Labute approximate surface area is 191 Å². The Bertz CT molecular complexity index is 655. The summed E-state index contributed by atoms with van der Waals surface area (Å²) in [4.78, 5) is 18.1. The van der Waals surface area contributed by atoms with E-state index in [0.29, 0.717) is 38.2 Å². The number of rotatable bonds is 6. The number of nitrogens with zero attached hydrogens (tertiary/aromatic N) is 2. The molecule has 2 N–H and O–H groups in total. The number of ether oxygens (including phenoxy) is 1. The van der Waals surface area contributed by atoms with Crippen molar-refractivity contribution in [3.63, 3.8) is 0 Å². The number of halogens is 3. The summed E-state index contributed by atoms with van der Waals surface area (Å²) >= 11 is 3.37. The molecule has 9 heteroatoms. The van der Waals surface area contributed by atoms with Gasteiger partial charge in [-0.05, 0) is 56.9 Å². The van der Waals surface area contributed by atoms with Crippen molar-refractivity contribution in [1.82, 2.24) is 15.5 Å². The van der Waals surface area contributed by atoms with Crippen molar-refractivity contribution in [2.24, 2.45) is 4.99 Å². The fraction of sp³-hybridized carbons (Fsp3) is 0.579. The van der Waals surface area contributed by atoms with Gasteiger partial charge >= 0.3 is 6.09 Å². The fourth-order valence-electron chi connectivity index (χ4n) is 2.96. The number of nitrogens with one attached hydrogen (secondary N) is 2. The van der Waals surface area contributed by atoms with Crippen LogP contribution < -0.4 is 10.6 Å². The molecule has 0 radical (unpaired) electrons. The number of piperidine rings is 1. The Balaban J connectivity index is 0.00000392. The maximum atomic E-state index is 13.8. The van der Waals surface area contributed by atoms with Crippen LogP contribution >= 0.6 is 39.9 Å². The number of amides is 1. The molecule has 0 saturated carbocycles. The molecule has 1 fully saturated rings. The number of carbonyl (C=O) groups excluding carboxylic acids is 1. The fourth-order valence-corrected chi connectivity index (χ4v) is 3.37. The predicted octanol–water partition coefficient (Wildman–Crippen LogP) is 3.92. The molecule has 0 spiro atoms. The van der Waals surface area contributed by atoms with E-state index in [1.54, 1.807) is 17.0 Å². The minimum Gasteiger partial charge on any atom is -0.450 e. The van der Waals surface area contributed by atoms with Gasteiger partial charge in [-0.15, -0.1) is 24.0 Å². The molecule has 0 unspecified atom stereocenters. The van der Waals surface area contributed by atoms with E-state index in [4.69, 9.17) is 4.74 Å². The molecule has 0 atom stereocenters. The van der Waals surface area contributed by atoms with Crippen molar-refractivity contribution in [3.05, 3.63) is 34.1 Å². The standard InChI is InChI=1S/C19H28BrFN4O2.HI/c1-3-22-18(23-10-7-14-13-15(20)5-6-17(14)21)24-16-8-11-25(12-9-16)19(26)27-4-2;/h5-6,13,16H,3-4,7-12H2,1-2H3,(H2,22,23,24);1H. The lowest BCUT2D eigenvalue weighted by atomic mass is 10.1. The second-order valence-corrected chi connectivity index (χ2v) is 7.27. The topological polar surface area (TPSA) is 66.0 Å². The average Bonchev–Trinajstić information content (AvgIpc) is 2.65. The number of aliphatic imine (C=N–C) groups is 1. The van der Waals surface area contributed by atoms with Gasteiger partial charge in [0.15, 0.2) is 5.96 Å². The summed E-state index contributed by atoms with van der Waals surface area (Å²) in [6.07, 6.45) is 1.96. The first-order valence-corrected chi connectivity index (χ1v) is 10.2. The molecule has 0 bridgehead atoms. The SMILES string of the molecule is CCNC(=NCCc1cc(Br)ccc1F)NC1CCN(C(=O)OCC)CC1.I. The first kappa shape index (κ1) is 24.9. The molecule has 1 aliphatic rings. The zero-order valence-corrected chi connectivity index (χ0v) is 20.3. The van der Waals surface area contributed by atoms with Crippen LogP contribution in [0.4, 0.5) is 9.18 Å². The van der Waals surface area contributed by atoms with Gasteiger partial charge in [0.25, 0.3) is 0 Å². The Morgan fingerprint density at radius 2 is 2.07 bits per heavy atom. The van der Waals surface area contributed by atoms with Crippen LogP contribution in [-0.2, 0) is 11.2 Å². The van der Waals surface area contributed by atoms with E-state index in [0.717, 1.165) is 29.8 Å². The number of carbonyl (C=O) groups is 1. The molecule has 1 aromatic carbocycles. The Hall–Kier alpha value is -1.10. The van der Waals surface area contributed by atoms with Crippen LogP contribution in [0.3, 0.4) is 0 Å². The number of guanidine groups is 1. The highest BCUT2D eigenvalue weighted by molar-refractivity contribution is 14.0. The summed E-state index contributed by atoms with van der Waals surface area (Å²) in [5.41, 5.74) is 0.645. The minimum atomic E-state index is -0.243. The number of hydrogen-bond donors (Lipinski definition) is 2. The molecule has 2 rings (SSSR count). The molecule has 158 valence electrons. The first-order valence-electron chi connectivity index (χ1n) is 9.44. The van der Waals surface area contributed by atoms with E-state index in [1.165, 1.54) is 6.07 Å². The van der Waals surface area contributed by atoms with Crippen molar-refractivity contribution < 1.29 is 13.9 Å². The van der Waals surface area contributed by atoms with Gasteiger partial charge in [-0.1, -0.05) is 15.9 Å². The molecular weight excluding hydrogens is 542 g/mol. The first-order chi connectivity index (χ1) is 13.0. The van der Waals surface area contributed by atoms with Crippen molar-refractivity contribution in [2.75, 3.05) is 32.8 Å². The Morgan fingerprint density at radius 1 is 1.36 bits per heavy atom. The molecular formula is C19H29BrFIN4O2. The Kier molecular flexibility index (Phi) is 11.7. The van der Waals surface area contributed by atoms with Crippen LogP contribution in [-0.4, -0.2) is 55.8 Å². The third-order valence-electron chi connectivity index (χ3n) is 4.36. The van der Waals surface area contributed by atoms with Gasteiger partial charge in [-0.2, -0.15) is 0 Å². The van der Waals surface area contributed by atoms with Crippen LogP contribution in [0.1, 0.15) is 32.3 Å². The normalized spacial score (nSPS) is 15.0. The highest BCUT2D eigenvalue weighted by Gasteiger charge is 2.24. The number of likely N-dealkylation sites (tertiary alicyclic amines) is 1. The van der Waals surface area contributed by atoms with Crippen LogP contribution in [0.2, 0.25) is 0 Å². The molecule has 1 amide bonds. The van der Waals surface area contributed by atoms with Crippen LogP contribution in [0.25, 0.3) is 0 Å². The Morgan fingerprint density at radius 3 is 2.71 bits per heavy atom. The van der Waals surface area contributed by atoms with Crippen LogP contribution in [0, 0.1) is 5.82 Å². The lowest BCUT2D eigenvalue weighted by molar-refractivity contribution is 0.0963. The van der Waals surface area contributed by atoms with Gasteiger partial charge in [0.05, 0.1) is 6.61 Å². The van der Waals surface area contributed by atoms with Gasteiger partial charge < -0.3 is 20.3 Å². The van der Waals surface area contributed by atoms with E-state index in [9.17, 15) is 9.18 Å². The lowest BCUT2D eigenvalue weighted by Crippen LogP contribution is -2.50. The van der Waals surface area contributed by atoms with Crippen molar-refractivity contribution in [2.45, 2.75) is 39.2 Å². The third kappa shape index (κ3) is 8.10. The number of benzene rings is 1. The summed E-state index contributed by atoms with van der Waals surface area (Å²) in [5, 5.41) is 6.64. The second-order valence-electron chi connectivity index (χ2n) is 6.35. The van der Waals surface area contributed by atoms with Gasteiger partial charge in [-0.25, -0.2) is 9.18 Å². The van der Waals surface area contributed by atoms with E-state index < -0.39 is 0 Å². The zero-order valence-electron chi connectivity index (χ0n) is 16.3. The molecule has 1 saturated heterocycles. The van der Waals surface area contributed by atoms with Gasteiger partial charge in [0.2, 0.25) is 0 Å². The highest BCUT2D eigenvalue weighted by atomic mass is 127. The molecule has 1 aliphatic heterocycles. The predicted molar refractivity (Wildman–Crippen MR) is 124 cm³/mol. The molecule has 1 heterocycles. The second kappa shape index (κ2) is 13.2. The van der Waals surface area contributed by atoms with Gasteiger partial charge in [-0.3, -0.25) is 4.99 Å². The van der Waals surface area contributed by atoms with Crippen LogP contribution in [0.5, 0.6) is 0 Å². The summed E-state index contributed by atoms with van der Waals surface area (Å²) in [6, 6.07) is 5.19. The molecule has 1 aromatic rings. The molecule has 0 aromatic heterocycles. The van der Waals surface area contributed by atoms with Gasteiger partial charge in [0, 0.05) is 36.7 Å². The maximum Gasteiger partial charge on any atom is 0.409 e. The third-order valence-corrected chi connectivity index (χ3v) is 4.86. The molecule has 28 heavy (non-hydrogen) atoms. The largest absolute Gasteiger partial charge is 0.450 e. The van der Waals surface area contributed by atoms with Crippen LogP contribution in [0.15, 0.2) is 27.7 Å². The quantitative estimate of drug-likeness (QED) is 0.309. The van der Waals surface area contributed by atoms with Gasteiger partial charge in [0.1, 0.15) is 5.82 Å². The van der Waals surface area contributed by atoms with E-state index >= 15 is 0 Å². The summed E-state index contributed by atoms with van der Waals surface area (Å²) < 4.78 is 19.7. The monoisotopic (exact) mass is 570 g/mol. The maximum absolute atomic E-state index is 13.8. The smallest absolute Gasteiger partial charge is 0.409 e. The number of hydrogen-bond acceptors (Lipinski definition) is 3. The minimum absolute atomic E-state index is 0. The summed E-state index contributed by atoms with van der Waals surface area (Å²) in [6.45, 7) is 6.79. The van der Waals surface area contributed by atoms with E-state index in [-0.39, 0.29) is 41.9 Å².